The largest absolute Gasteiger partial charge is 0.458 e. The number of nitrogens with one attached hydrogen (secondary N) is 1. The predicted octanol–water partition coefficient (Wildman–Crippen LogP) is 0.442. The topological polar surface area (TPSA) is 58.6 Å². The maximum absolute atomic E-state index is 11.6. The van der Waals surface area contributed by atoms with E-state index < -0.39 is 0 Å². The number of nitrogens with zero attached hydrogens (tertiary/aromatic N) is 1. The van der Waals surface area contributed by atoms with Crippen molar-refractivity contribution in [2.24, 2.45) is 0 Å². The first-order chi connectivity index (χ1) is 8.22. The van der Waals surface area contributed by atoms with Crippen LogP contribution in [0.4, 0.5) is 0 Å². The fourth-order valence-electron chi connectivity index (χ4n) is 1.57. The zero-order valence-corrected chi connectivity index (χ0v) is 9.18. The van der Waals surface area contributed by atoms with E-state index in [1.165, 1.54) is 12.3 Å². The van der Waals surface area contributed by atoms with Crippen LogP contribution in [0.2, 0.25) is 0 Å². The molecule has 0 aromatic rings. The Balaban J connectivity index is 2.13. The second kappa shape index (κ2) is 4.69. The zero-order valence-electron chi connectivity index (χ0n) is 9.18. The van der Waals surface area contributed by atoms with Crippen molar-refractivity contribution in [2.75, 3.05) is 13.2 Å². The molecule has 0 saturated carbocycles. The molecule has 2 aliphatic rings. The third-order valence-corrected chi connectivity index (χ3v) is 2.39. The van der Waals surface area contributed by atoms with Crippen LogP contribution in [-0.2, 0) is 14.3 Å². The fourth-order valence-corrected chi connectivity index (χ4v) is 1.57. The molecule has 0 aromatic carbocycles. The lowest BCUT2D eigenvalue weighted by Gasteiger charge is -2.28. The molecule has 1 N–H and O–H groups in total. The highest BCUT2D eigenvalue weighted by Gasteiger charge is 2.24. The first kappa shape index (κ1) is 11.2. The minimum atomic E-state index is -0.389. The molecule has 2 heterocycles. The molecule has 2 aliphatic heterocycles. The van der Waals surface area contributed by atoms with Gasteiger partial charge in [-0.25, -0.2) is 4.79 Å². The first-order valence-corrected chi connectivity index (χ1v) is 5.15. The van der Waals surface area contributed by atoms with E-state index in [9.17, 15) is 9.59 Å². The molecule has 1 amide bonds. The summed E-state index contributed by atoms with van der Waals surface area (Å²) in [6, 6.07) is 0. The number of hydrogen-bond donors (Lipinski definition) is 1. The monoisotopic (exact) mass is 232 g/mol. The highest BCUT2D eigenvalue weighted by Crippen LogP contribution is 2.18. The van der Waals surface area contributed by atoms with Gasteiger partial charge >= 0.3 is 5.97 Å². The number of carbonyl (C=O) groups excluding carboxylic acids is 2. The van der Waals surface area contributed by atoms with Crippen LogP contribution in [-0.4, -0.2) is 29.9 Å². The van der Waals surface area contributed by atoms with Crippen LogP contribution in [0.25, 0.3) is 0 Å². The van der Waals surface area contributed by atoms with Crippen LogP contribution in [0.5, 0.6) is 0 Å². The summed E-state index contributed by atoms with van der Waals surface area (Å²) in [7, 11) is 0. The lowest BCUT2D eigenvalue weighted by Crippen LogP contribution is -2.37. The standard InChI is InChI=1S/C12H12N2O3/c1-2-7-17-12(16)9-3-4-10-11(15)13-5-6-14(10)8-9/h2-6H,1,7-8H2,(H,13,15). The smallest absolute Gasteiger partial charge is 0.336 e. The summed E-state index contributed by atoms with van der Waals surface area (Å²) in [6.07, 6.45) is 7.97. The Morgan fingerprint density at radius 2 is 2.41 bits per heavy atom. The third kappa shape index (κ3) is 2.28. The van der Waals surface area contributed by atoms with E-state index in [1.807, 2.05) is 0 Å². The van der Waals surface area contributed by atoms with Crippen molar-refractivity contribution in [3.63, 3.8) is 0 Å². The van der Waals surface area contributed by atoms with Gasteiger partial charge in [0.25, 0.3) is 5.91 Å². The number of hydrogen-bond acceptors (Lipinski definition) is 4. The van der Waals surface area contributed by atoms with E-state index in [0.29, 0.717) is 17.8 Å². The van der Waals surface area contributed by atoms with E-state index >= 15 is 0 Å². The number of esters is 1. The normalized spacial score (nSPS) is 17.6. The molecule has 0 spiro atoms. The van der Waals surface area contributed by atoms with E-state index in [0.717, 1.165) is 0 Å². The van der Waals surface area contributed by atoms with Crippen molar-refractivity contribution in [3.05, 3.63) is 48.5 Å². The maximum atomic E-state index is 11.6. The fraction of sp³-hybridized carbons (Fsp3) is 0.167. The molecule has 0 aromatic heterocycles. The van der Waals surface area contributed by atoms with Crippen LogP contribution < -0.4 is 5.32 Å². The van der Waals surface area contributed by atoms with Crippen molar-refractivity contribution >= 4 is 11.9 Å². The Bertz CT molecular complexity index is 460. The van der Waals surface area contributed by atoms with Crippen LogP contribution >= 0.6 is 0 Å². The summed E-state index contributed by atoms with van der Waals surface area (Å²) in [5, 5.41) is 2.57. The lowest BCUT2D eigenvalue weighted by atomic mass is 10.1. The Hall–Kier alpha value is -2.30. The molecule has 5 heteroatoms. The van der Waals surface area contributed by atoms with Gasteiger partial charge in [0, 0.05) is 12.4 Å². The van der Waals surface area contributed by atoms with Crippen molar-refractivity contribution in [1.29, 1.82) is 0 Å². The van der Waals surface area contributed by atoms with Crippen LogP contribution in [0, 0.1) is 0 Å². The van der Waals surface area contributed by atoms with Gasteiger partial charge < -0.3 is 15.0 Å². The third-order valence-electron chi connectivity index (χ3n) is 2.39. The highest BCUT2D eigenvalue weighted by molar-refractivity contribution is 5.97. The maximum Gasteiger partial charge on any atom is 0.336 e. The molecule has 0 aliphatic carbocycles. The number of amides is 1. The van der Waals surface area contributed by atoms with Gasteiger partial charge in [0.2, 0.25) is 0 Å². The lowest BCUT2D eigenvalue weighted by molar-refractivity contribution is -0.138. The first-order valence-electron chi connectivity index (χ1n) is 5.15. The molecule has 5 nitrogen and oxygen atoms in total. The average Bonchev–Trinajstić information content (AvgIpc) is 2.36. The summed E-state index contributed by atoms with van der Waals surface area (Å²) in [5.41, 5.74) is 1.03. The molecular weight excluding hydrogens is 220 g/mol. The summed E-state index contributed by atoms with van der Waals surface area (Å²) in [5.74, 6) is -0.568. The SMILES string of the molecule is C=CCOC(=O)C1=CC=C2C(=O)NC=CN2C1. The summed E-state index contributed by atoms with van der Waals surface area (Å²) >= 11 is 0. The highest BCUT2D eigenvalue weighted by atomic mass is 16.5. The molecule has 0 fully saturated rings. The zero-order chi connectivity index (χ0) is 12.3. The summed E-state index contributed by atoms with van der Waals surface area (Å²) in [4.78, 5) is 24.7. The van der Waals surface area contributed by atoms with Gasteiger partial charge in [-0.05, 0) is 12.2 Å². The van der Waals surface area contributed by atoms with E-state index in [1.54, 1.807) is 23.3 Å². The van der Waals surface area contributed by atoms with Gasteiger partial charge in [-0.2, -0.15) is 0 Å². The molecule has 0 radical (unpaired) electrons. The Morgan fingerprint density at radius 3 is 3.18 bits per heavy atom. The van der Waals surface area contributed by atoms with E-state index in [-0.39, 0.29) is 18.5 Å². The van der Waals surface area contributed by atoms with Gasteiger partial charge in [-0.15, -0.1) is 0 Å². The van der Waals surface area contributed by atoms with Crippen molar-refractivity contribution < 1.29 is 14.3 Å². The molecule has 17 heavy (non-hydrogen) atoms. The molecule has 0 saturated heterocycles. The number of fused-ring (bicyclic) bond motifs is 1. The van der Waals surface area contributed by atoms with Crippen LogP contribution in [0.3, 0.4) is 0 Å². The van der Waals surface area contributed by atoms with Crippen molar-refractivity contribution in [3.8, 4) is 0 Å². The Labute approximate surface area is 98.7 Å². The quantitative estimate of drug-likeness (QED) is 0.566. The number of carbonyl (C=O) groups is 2. The summed E-state index contributed by atoms with van der Waals surface area (Å²) < 4.78 is 4.93. The molecular formula is C12H12N2O3. The van der Waals surface area contributed by atoms with Crippen molar-refractivity contribution in [2.45, 2.75) is 0 Å². The van der Waals surface area contributed by atoms with E-state index in [4.69, 9.17) is 4.74 Å². The van der Waals surface area contributed by atoms with Gasteiger partial charge in [0.05, 0.1) is 12.1 Å². The number of ether oxygens (including phenoxy) is 1. The molecule has 2 rings (SSSR count). The number of allylic oxidation sites excluding steroid dienone is 2. The minimum Gasteiger partial charge on any atom is -0.458 e. The minimum absolute atomic E-state index is 0.178. The Kier molecular flexibility index (Phi) is 3.09. The predicted molar refractivity (Wildman–Crippen MR) is 61.3 cm³/mol. The second-order valence-electron chi connectivity index (χ2n) is 3.55. The van der Waals surface area contributed by atoms with E-state index in [2.05, 4.69) is 11.9 Å². The second-order valence-corrected chi connectivity index (χ2v) is 3.55. The molecule has 88 valence electrons. The van der Waals surface area contributed by atoms with Gasteiger partial charge in [-0.1, -0.05) is 12.7 Å². The van der Waals surface area contributed by atoms with Crippen molar-refractivity contribution in [1.82, 2.24) is 10.2 Å². The van der Waals surface area contributed by atoms with Gasteiger partial charge in [0.1, 0.15) is 12.3 Å². The van der Waals surface area contributed by atoms with Crippen LogP contribution in [0.15, 0.2) is 48.5 Å². The van der Waals surface area contributed by atoms with Crippen LogP contribution in [0.1, 0.15) is 0 Å². The molecule has 0 bridgehead atoms. The Morgan fingerprint density at radius 1 is 1.59 bits per heavy atom. The number of rotatable bonds is 3. The van der Waals surface area contributed by atoms with Gasteiger partial charge in [-0.3, -0.25) is 4.79 Å². The average molecular weight is 232 g/mol. The molecule has 0 atom stereocenters. The summed E-state index contributed by atoms with van der Waals surface area (Å²) in [6.45, 7) is 3.99. The van der Waals surface area contributed by atoms with Gasteiger partial charge in [0.15, 0.2) is 0 Å². The molecule has 0 unspecified atom stereocenters.